The highest BCUT2D eigenvalue weighted by Gasteiger charge is 2.31. The minimum atomic E-state index is -4.48. The maximum atomic E-state index is 13.0. The van der Waals surface area contributed by atoms with E-state index in [9.17, 15) is 18.0 Å². The maximum Gasteiger partial charge on any atom is 0.416 e. The lowest BCUT2D eigenvalue weighted by atomic mass is 10.1. The maximum absolute atomic E-state index is 13.0. The van der Waals surface area contributed by atoms with Crippen molar-refractivity contribution in [3.8, 4) is 0 Å². The molecule has 2 aromatic carbocycles. The Hall–Kier alpha value is -2.54. The monoisotopic (exact) mass is 365 g/mol. The summed E-state index contributed by atoms with van der Waals surface area (Å²) in [5.41, 5.74) is 0.725. The molecule has 2 aromatic rings. The first-order chi connectivity index (χ1) is 12.3. The van der Waals surface area contributed by atoms with Crippen molar-refractivity contribution < 1.29 is 18.0 Å². The van der Waals surface area contributed by atoms with Crippen molar-refractivity contribution in [1.82, 2.24) is 5.32 Å². The van der Waals surface area contributed by atoms with Crippen molar-refractivity contribution in [1.29, 1.82) is 0 Å². The molecule has 0 aliphatic rings. The molecule has 1 unspecified atom stereocenters. The molecule has 3 N–H and O–H groups in total. The number of anilines is 2. The van der Waals surface area contributed by atoms with Crippen LogP contribution in [0.15, 0.2) is 48.5 Å². The number of amides is 1. The Balaban J connectivity index is 2.23. The van der Waals surface area contributed by atoms with E-state index in [0.717, 1.165) is 17.7 Å². The minimum Gasteiger partial charge on any atom is -0.379 e. The van der Waals surface area contributed by atoms with E-state index in [1.54, 1.807) is 14.0 Å². The topological polar surface area (TPSA) is 53.2 Å². The van der Waals surface area contributed by atoms with E-state index in [1.807, 2.05) is 30.3 Å². The summed E-state index contributed by atoms with van der Waals surface area (Å²) < 4.78 is 39.1. The zero-order valence-electron chi connectivity index (χ0n) is 14.7. The van der Waals surface area contributed by atoms with Crippen LogP contribution in [0.2, 0.25) is 0 Å². The lowest BCUT2D eigenvalue weighted by Gasteiger charge is -2.18. The van der Waals surface area contributed by atoms with Gasteiger partial charge in [0.15, 0.2) is 0 Å². The molecule has 140 valence electrons. The van der Waals surface area contributed by atoms with Gasteiger partial charge in [-0.1, -0.05) is 37.3 Å². The van der Waals surface area contributed by atoms with Crippen LogP contribution >= 0.6 is 0 Å². The van der Waals surface area contributed by atoms with Crippen LogP contribution in [0.25, 0.3) is 0 Å². The van der Waals surface area contributed by atoms with Gasteiger partial charge in [0.25, 0.3) is 0 Å². The van der Waals surface area contributed by atoms with Gasteiger partial charge in [0.2, 0.25) is 5.91 Å². The number of rotatable bonds is 7. The Bertz CT molecular complexity index is 733. The summed E-state index contributed by atoms with van der Waals surface area (Å²) in [6.45, 7) is 2.56. The molecule has 4 nitrogen and oxygen atoms in total. The summed E-state index contributed by atoms with van der Waals surface area (Å²) in [5.74, 6) is -0.724. The predicted octanol–water partition coefficient (Wildman–Crippen LogP) is 4.11. The van der Waals surface area contributed by atoms with Crippen LogP contribution < -0.4 is 16.0 Å². The van der Waals surface area contributed by atoms with Crippen molar-refractivity contribution in [2.24, 2.45) is 5.92 Å². The van der Waals surface area contributed by atoms with Gasteiger partial charge < -0.3 is 16.0 Å². The number of benzene rings is 2. The molecule has 0 aliphatic carbocycles. The molecule has 2 rings (SSSR count). The molecule has 1 atom stereocenters. The lowest BCUT2D eigenvalue weighted by Crippen LogP contribution is -2.29. The highest BCUT2D eigenvalue weighted by Crippen LogP contribution is 2.34. The second kappa shape index (κ2) is 8.71. The van der Waals surface area contributed by atoms with Gasteiger partial charge in [-0.2, -0.15) is 13.2 Å². The predicted molar refractivity (Wildman–Crippen MR) is 96.9 cm³/mol. The second-order valence-corrected chi connectivity index (χ2v) is 6.05. The van der Waals surface area contributed by atoms with Gasteiger partial charge in [-0.25, -0.2) is 0 Å². The highest BCUT2D eigenvalue weighted by molar-refractivity contribution is 5.95. The first-order valence-electron chi connectivity index (χ1n) is 8.25. The minimum absolute atomic E-state index is 0.115. The SMILES string of the molecule is CNCC(C)C(=O)Nc1cc(C(F)(F)F)ccc1NCc1ccccc1. The molecule has 0 fully saturated rings. The summed E-state index contributed by atoms with van der Waals surface area (Å²) in [6, 6.07) is 12.8. The largest absolute Gasteiger partial charge is 0.416 e. The smallest absolute Gasteiger partial charge is 0.379 e. The fourth-order valence-corrected chi connectivity index (χ4v) is 2.43. The summed E-state index contributed by atoms with van der Waals surface area (Å²) >= 11 is 0. The molecule has 0 bridgehead atoms. The molecule has 0 spiro atoms. The molecule has 26 heavy (non-hydrogen) atoms. The number of hydrogen-bond acceptors (Lipinski definition) is 3. The van der Waals surface area contributed by atoms with E-state index in [2.05, 4.69) is 16.0 Å². The van der Waals surface area contributed by atoms with Crippen LogP contribution in [0.3, 0.4) is 0 Å². The van der Waals surface area contributed by atoms with Crippen LogP contribution in [0.4, 0.5) is 24.5 Å². The van der Waals surface area contributed by atoms with Crippen molar-refractivity contribution in [3.63, 3.8) is 0 Å². The first kappa shape index (κ1) is 19.8. The molecule has 0 radical (unpaired) electrons. The molecule has 0 aromatic heterocycles. The Morgan fingerprint density at radius 1 is 1.08 bits per heavy atom. The van der Waals surface area contributed by atoms with Gasteiger partial charge in [0.1, 0.15) is 0 Å². The summed E-state index contributed by atoms with van der Waals surface area (Å²) in [4.78, 5) is 12.2. The number of nitrogens with one attached hydrogen (secondary N) is 3. The van der Waals surface area contributed by atoms with Gasteiger partial charge in [-0.05, 0) is 30.8 Å². The molecule has 7 heteroatoms. The second-order valence-electron chi connectivity index (χ2n) is 6.05. The average Bonchev–Trinajstić information content (AvgIpc) is 2.60. The number of alkyl halides is 3. The summed E-state index contributed by atoms with van der Waals surface area (Å²) in [6.07, 6.45) is -4.48. The molecule has 0 saturated carbocycles. The molecule has 1 amide bonds. The van der Waals surface area contributed by atoms with E-state index in [-0.39, 0.29) is 17.5 Å². The zero-order valence-corrected chi connectivity index (χ0v) is 14.7. The molecule has 0 aliphatic heterocycles. The Labute approximate surface area is 150 Å². The van der Waals surface area contributed by atoms with Crippen LogP contribution in [0.1, 0.15) is 18.1 Å². The third-order valence-electron chi connectivity index (χ3n) is 3.89. The number of carbonyl (C=O) groups is 1. The van der Waals surface area contributed by atoms with Crippen LogP contribution in [0, 0.1) is 5.92 Å². The third-order valence-corrected chi connectivity index (χ3v) is 3.89. The lowest BCUT2D eigenvalue weighted by molar-refractivity contribution is -0.137. The van der Waals surface area contributed by atoms with Crippen molar-refractivity contribution in [2.45, 2.75) is 19.6 Å². The molecule has 0 saturated heterocycles. The van der Waals surface area contributed by atoms with E-state index >= 15 is 0 Å². The van der Waals surface area contributed by atoms with Gasteiger partial charge in [-0.15, -0.1) is 0 Å². The number of halogens is 3. The summed E-state index contributed by atoms with van der Waals surface area (Å²) in [7, 11) is 1.71. The summed E-state index contributed by atoms with van der Waals surface area (Å²) in [5, 5.41) is 8.56. The average molecular weight is 365 g/mol. The van der Waals surface area contributed by atoms with E-state index < -0.39 is 11.7 Å². The molecular formula is C19H22F3N3O. The normalized spacial score (nSPS) is 12.5. The van der Waals surface area contributed by atoms with Crippen molar-refractivity contribution in [3.05, 3.63) is 59.7 Å². The Kier molecular flexibility index (Phi) is 6.63. The van der Waals surface area contributed by atoms with Crippen molar-refractivity contribution in [2.75, 3.05) is 24.2 Å². The van der Waals surface area contributed by atoms with Gasteiger partial charge in [0, 0.05) is 19.0 Å². The van der Waals surface area contributed by atoms with Gasteiger partial charge in [-0.3, -0.25) is 4.79 Å². The first-order valence-corrected chi connectivity index (χ1v) is 8.25. The standard InChI is InChI=1S/C19H22F3N3O/c1-13(11-23-2)18(26)25-17-10-15(19(20,21)22)8-9-16(17)24-12-14-6-4-3-5-7-14/h3-10,13,23-24H,11-12H2,1-2H3,(H,25,26). The quantitative estimate of drug-likeness (QED) is 0.692. The third kappa shape index (κ3) is 5.49. The Morgan fingerprint density at radius 3 is 2.38 bits per heavy atom. The van der Waals surface area contributed by atoms with E-state index in [4.69, 9.17) is 0 Å². The van der Waals surface area contributed by atoms with E-state index in [1.165, 1.54) is 6.07 Å². The highest BCUT2D eigenvalue weighted by atomic mass is 19.4. The number of hydrogen-bond donors (Lipinski definition) is 3. The van der Waals surface area contributed by atoms with Crippen LogP contribution in [0.5, 0.6) is 0 Å². The fraction of sp³-hybridized carbons (Fsp3) is 0.316. The molecule has 0 heterocycles. The zero-order chi connectivity index (χ0) is 19.2. The fourth-order valence-electron chi connectivity index (χ4n) is 2.43. The van der Waals surface area contributed by atoms with E-state index in [0.29, 0.717) is 18.8 Å². The molecular weight excluding hydrogens is 343 g/mol. The number of carbonyl (C=O) groups excluding carboxylic acids is 1. The van der Waals surface area contributed by atoms with Crippen LogP contribution in [-0.2, 0) is 17.5 Å². The van der Waals surface area contributed by atoms with Gasteiger partial charge >= 0.3 is 6.18 Å². The van der Waals surface area contributed by atoms with Crippen molar-refractivity contribution >= 4 is 17.3 Å². The van der Waals surface area contributed by atoms with Crippen LogP contribution in [-0.4, -0.2) is 19.5 Å². The Morgan fingerprint density at radius 2 is 1.77 bits per heavy atom. The van der Waals surface area contributed by atoms with Gasteiger partial charge in [0.05, 0.1) is 16.9 Å².